The van der Waals surface area contributed by atoms with Crippen LogP contribution in [0.25, 0.3) is 0 Å². The van der Waals surface area contributed by atoms with E-state index in [0.717, 1.165) is 5.75 Å². The molecule has 1 aliphatic rings. The van der Waals surface area contributed by atoms with Crippen LogP contribution in [-0.4, -0.2) is 0 Å². The molecule has 0 atom stereocenters. The van der Waals surface area contributed by atoms with E-state index in [-0.39, 0.29) is 0 Å². The van der Waals surface area contributed by atoms with Crippen LogP contribution in [0.3, 0.4) is 0 Å². The Hall–Kier alpha value is -1.67. The SMILES string of the molecule is Nc1ccc(Oc2ccc(C3CCCCC3)cc2)c(Cl)c1. The molecule has 2 aromatic carbocycles. The van der Waals surface area contributed by atoms with Crippen LogP contribution < -0.4 is 10.5 Å². The van der Waals surface area contributed by atoms with Crippen LogP contribution >= 0.6 is 11.6 Å². The number of anilines is 1. The Morgan fingerprint density at radius 1 is 0.952 bits per heavy atom. The van der Waals surface area contributed by atoms with Gasteiger partial charge >= 0.3 is 0 Å². The summed E-state index contributed by atoms with van der Waals surface area (Å²) in [5, 5.41) is 0.534. The molecule has 0 amide bonds. The van der Waals surface area contributed by atoms with Crippen molar-refractivity contribution in [3.8, 4) is 11.5 Å². The third-order valence-electron chi connectivity index (χ3n) is 4.14. The van der Waals surface area contributed by atoms with Gasteiger partial charge < -0.3 is 10.5 Å². The minimum atomic E-state index is 0.534. The summed E-state index contributed by atoms with van der Waals surface area (Å²) >= 11 is 6.13. The molecule has 110 valence electrons. The van der Waals surface area contributed by atoms with E-state index in [4.69, 9.17) is 22.1 Å². The number of rotatable bonds is 3. The van der Waals surface area contributed by atoms with Crippen LogP contribution in [0.1, 0.15) is 43.6 Å². The second kappa shape index (κ2) is 6.40. The van der Waals surface area contributed by atoms with Crippen molar-refractivity contribution in [3.05, 3.63) is 53.1 Å². The van der Waals surface area contributed by atoms with Gasteiger partial charge in [0.25, 0.3) is 0 Å². The van der Waals surface area contributed by atoms with E-state index < -0.39 is 0 Å². The number of ether oxygens (including phenoxy) is 1. The summed E-state index contributed by atoms with van der Waals surface area (Å²) in [6.45, 7) is 0. The van der Waals surface area contributed by atoms with Crippen LogP contribution in [0.2, 0.25) is 5.02 Å². The van der Waals surface area contributed by atoms with E-state index in [0.29, 0.717) is 22.4 Å². The molecule has 0 saturated heterocycles. The number of nitrogen functional groups attached to an aromatic ring is 1. The lowest BCUT2D eigenvalue weighted by atomic mass is 9.84. The van der Waals surface area contributed by atoms with E-state index in [1.54, 1.807) is 18.2 Å². The van der Waals surface area contributed by atoms with Crippen molar-refractivity contribution in [2.45, 2.75) is 38.0 Å². The van der Waals surface area contributed by atoms with Gasteiger partial charge in [0.15, 0.2) is 0 Å². The second-order valence-electron chi connectivity index (χ2n) is 5.70. The molecule has 0 unspecified atom stereocenters. The fourth-order valence-electron chi connectivity index (χ4n) is 2.97. The summed E-state index contributed by atoms with van der Waals surface area (Å²) < 4.78 is 5.82. The van der Waals surface area contributed by atoms with Crippen LogP contribution in [-0.2, 0) is 0 Å². The summed E-state index contributed by atoms with van der Waals surface area (Å²) in [5.41, 5.74) is 7.74. The van der Waals surface area contributed by atoms with Gasteiger partial charge in [-0.05, 0) is 54.7 Å². The van der Waals surface area contributed by atoms with Gasteiger partial charge in [-0.3, -0.25) is 0 Å². The zero-order valence-electron chi connectivity index (χ0n) is 12.0. The van der Waals surface area contributed by atoms with E-state index in [1.165, 1.54) is 37.7 Å². The Morgan fingerprint density at radius 3 is 2.33 bits per heavy atom. The van der Waals surface area contributed by atoms with E-state index >= 15 is 0 Å². The Morgan fingerprint density at radius 2 is 1.67 bits per heavy atom. The third-order valence-corrected chi connectivity index (χ3v) is 4.44. The molecule has 3 heteroatoms. The van der Waals surface area contributed by atoms with Gasteiger partial charge in [0.1, 0.15) is 11.5 Å². The first-order valence-electron chi connectivity index (χ1n) is 7.55. The quantitative estimate of drug-likeness (QED) is 0.731. The lowest BCUT2D eigenvalue weighted by Crippen LogP contribution is -2.04. The molecular formula is C18H20ClNO. The summed E-state index contributed by atoms with van der Waals surface area (Å²) in [6, 6.07) is 13.7. The van der Waals surface area contributed by atoms with E-state index in [2.05, 4.69) is 12.1 Å². The molecule has 0 radical (unpaired) electrons. The van der Waals surface area contributed by atoms with Crippen LogP contribution in [0, 0.1) is 0 Å². The van der Waals surface area contributed by atoms with Crippen molar-refractivity contribution in [1.29, 1.82) is 0 Å². The van der Waals surface area contributed by atoms with E-state index in [1.807, 2.05) is 12.1 Å². The Labute approximate surface area is 130 Å². The first kappa shape index (κ1) is 14.3. The highest BCUT2D eigenvalue weighted by Crippen LogP contribution is 2.35. The van der Waals surface area contributed by atoms with Crippen LogP contribution in [0.4, 0.5) is 5.69 Å². The van der Waals surface area contributed by atoms with Crippen LogP contribution in [0.15, 0.2) is 42.5 Å². The number of halogens is 1. The normalized spacial score (nSPS) is 15.9. The van der Waals surface area contributed by atoms with Crippen molar-refractivity contribution >= 4 is 17.3 Å². The van der Waals surface area contributed by atoms with Gasteiger partial charge in [0, 0.05) is 5.69 Å². The summed E-state index contributed by atoms with van der Waals surface area (Å²) in [7, 11) is 0. The first-order chi connectivity index (χ1) is 10.2. The van der Waals surface area contributed by atoms with Gasteiger partial charge in [-0.15, -0.1) is 0 Å². The molecule has 0 aromatic heterocycles. The van der Waals surface area contributed by atoms with Crippen molar-refractivity contribution in [1.82, 2.24) is 0 Å². The molecule has 1 fully saturated rings. The van der Waals surface area contributed by atoms with Crippen molar-refractivity contribution < 1.29 is 4.74 Å². The van der Waals surface area contributed by atoms with Gasteiger partial charge in [-0.25, -0.2) is 0 Å². The predicted molar refractivity (Wildman–Crippen MR) is 88.2 cm³/mol. The monoisotopic (exact) mass is 301 g/mol. The minimum Gasteiger partial charge on any atom is -0.456 e. The maximum Gasteiger partial charge on any atom is 0.146 e. The average Bonchev–Trinajstić information content (AvgIpc) is 2.52. The Bertz CT molecular complexity index is 603. The molecule has 2 aromatic rings. The van der Waals surface area contributed by atoms with E-state index in [9.17, 15) is 0 Å². The lowest BCUT2D eigenvalue weighted by Gasteiger charge is -2.22. The van der Waals surface area contributed by atoms with Crippen molar-refractivity contribution in [3.63, 3.8) is 0 Å². The highest BCUT2D eigenvalue weighted by molar-refractivity contribution is 6.32. The molecule has 3 rings (SSSR count). The number of benzene rings is 2. The van der Waals surface area contributed by atoms with Gasteiger partial charge in [0.2, 0.25) is 0 Å². The predicted octanol–water partition coefficient (Wildman–Crippen LogP) is 5.76. The zero-order valence-corrected chi connectivity index (χ0v) is 12.8. The molecule has 0 heterocycles. The van der Waals surface area contributed by atoms with Crippen LogP contribution in [0.5, 0.6) is 11.5 Å². The maximum atomic E-state index is 6.13. The highest BCUT2D eigenvalue weighted by Gasteiger charge is 2.15. The maximum absolute atomic E-state index is 6.13. The topological polar surface area (TPSA) is 35.2 Å². The Kier molecular flexibility index (Phi) is 4.35. The lowest BCUT2D eigenvalue weighted by molar-refractivity contribution is 0.442. The third kappa shape index (κ3) is 3.51. The number of hydrogen-bond donors (Lipinski definition) is 1. The molecule has 0 spiro atoms. The molecule has 0 aliphatic heterocycles. The van der Waals surface area contributed by atoms with Crippen molar-refractivity contribution in [2.24, 2.45) is 0 Å². The molecule has 2 nitrogen and oxygen atoms in total. The second-order valence-corrected chi connectivity index (χ2v) is 6.10. The largest absolute Gasteiger partial charge is 0.456 e. The molecule has 0 bridgehead atoms. The number of nitrogens with two attached hydrogens (primary N) is 1. The Balaban J connectivity index is 1.71. The number of hydrogen-bond acceptors (Lipinski definition) is 2. The molecule has 1 saturated carbocycles. The first-order valence-corrected chi connectivity index (χ1v) is 7.93. The fourth-order valence-corrected chi connectivity index (χ4v) is 3.20. The fraction of sp³-hybridized carbons (Fsp3) is 0.333. The molecule has 21 heavy (non-hydrogen) atoms. The standard InChI is InChI=1S/C18H20ClNO/c19-17-12-15(20)8-11-18(17)21-16-9-6-14(7-10-16)13-4-2-1-3-5-13/h6-13H,1-5,20H2. The van der Waals surface area contributed by atoms with Gasteiger partial charge in [0.05, 0.1) is 5.02 Å². The highest BCUT2D eigenvalue weighted by atomic mass is 35.5. The summed E-state index contributed by atoms with van der Waals surface area (Å²) in [5.74, 6) is 2.16. The van der Waals surface area contributed by atoms with Gasteiger partial charge in [-0.2, -0.15) is 0 Å². The molecule has 2 N–H and O–H groups in total. The van der Waals surface area contributed by atoms with Crippen molar-refractivity contribution in [2.75, 3.05) is 5.73 Å². The molecule has 1 aliphatic carbocycles. The minimum absolute atomic E-state index is 0.534. The molecular weight excluding hydrogens is 282 g/mol. The average molecular weight is 302 g/mol. The smallest absolute Gasteiger partial charge is 0.146 e. The summed E-state index contributed by atoms with van der Waals surface area (Å²) in [4.78, 5) is 0. The van der Waals surface area contributed by atoms with Gasteiger partial charge in [-0.1, -0.05) is 43.0 Å². The summed E-state index contributed by atoms with van der Waals surface area (Å²) in [6.07, 6.45) is 6.70. The zero-order chi connectivity index (χ0) is 14.7.